The van der Waals surface area contributed by atoms with Crippen molar-refractivity contribution in [3.8, 4) is 0 Å². The summed E-state index contributed by atoms with van der Waals surface area (Å²) >= 11 is 0. The van der Waals surface area contributed by atoms with Gasteiger partial charge in [-0.2, -0.15) is 8.42 Å². The lowest BCUT2D eigenvalue weighted by Gasteiger charge is -2.07. The summed E-state index contributed by atoms with van der Waals surface area (Å²) < 4.78 is 37.0. The molecule has 0 aliphatic heterocycles. The molecule has 0 N–H and O–H groups in total. The molecule has 1 atom stereocenters. The van der Waals surface area contributed by atoms with Gasteiger partial charge in [0.05, 0.1) is 14.6 Å². The van der Waals surface area contributed by atoms with Crippen LogP contribution in [-0.2, 0) is 19.0 Å². The van der Waals surface area contributed by atoms with Gasteiger partial charge >= 0.3 is 9.24 Å². The van der Waals surface area contributed by atoms with Gasteiger partial charge in [-0.3, -0.25) is 0 Å². The van der Waals surface area contributed by atoms with E-state index >= 15 is 0 Å². The van der Waals surface area contributed by atoms with Gasteiger partial charge in [-0.05, 0) is 31.0 Å². The molecule has 4 nitrogen and oxygen atoms in total. The second-order valence-electron chi connectivity index (χ2n) is 3.56. The summed E-state index contributed by atoms with van der Waals surface area (Å²) in [6.07, 6.45) is 1.26. The van der Waals surface area contributed by atoms with Gasteiger partial charge in [-0.1, -0.05) is 15.9 Å². The zero-order valence-electron chi connectivity index (χ0n) is 9.10. The Kier molecular flexibility index (Phi) is 3.66. The van der Waals surface area contributed by atoms with Gasteiger partial charge in [0.2, 0.25) is 0 Å². The molecule has 0 radical (unpaired) electrons. The lowest BCUT2D eigenvalue weighted by atomic mass is 10.2. The summed E-state index contributed by atoms with van der Waals surface area (Å²) in [7, 11) is -2.17. The van der Waals surface area contributed by atoms with Crippen molar-refractivity contribution in [2.24, 2.45) is 3.77 Å². The van der Waals surface area contributed by atoms with Gasteiger partial charge in [0.15, 0.2) is 0 Å². The number of hydrogen-bond donors (Lipinski definition) is 0. The Balaban J connectivity index is 3.57. The molecule has 0 fully saturated rings. The Morgan fingerprint density at radius 3 is 2.25 bits per heavy atom. The quantitative estimate of drug-likeness (QED) is 0.781. The number of benzene rings is 1. The molecule has 0 saturated carbocycles. The van der Waals surface area contributed by atoms with Crippen LogP contribution in [0.3, 0.4) is 0 Å². The maximum Gasteiger partial charge on any atom is 0.347 e. The normalized spacial score (nSPS) is 15.5. The number of hydrogen-bond acceptors (Lipinski definition) is 3. The molecule has 0 bridgehead atoms. The van der Waals surface area contributed by atoms with E-state index in [0.29, 0.717) is 4.90 Å². The fourth-order valence-corrected chi connectivity index (χ4v) is 5.04. The van der Waals surface area contributed by atoms with Crippen LogP contribution in [0, 0.1) is 13.8 Å². The van der Waals surface area contributed by atoms with Crippen LogP contribution in [0.4, 0.5) is 0 Å². The summed E-state index contributed by atoms with van der Waals surface area (Å²) in [6.45, 7) is 3.57. The van der Waals surface area contributed by atoms with Crippen molar-refractivity contribution in [3.05, 3.63) is 29.3 Å². The van der Waals surface area contributed by atoms with Gasteiger partial charge in [0.25, 0.3) is 0 Å². The maximum atomic E-state index is 12.1. The topological polar surface area (TPSA) is 63.6 Å². The minimum absolute atomic E-state index is 0.400. The molecule has 0 saturated heterocycles. The Morgan fingerprint density at radius 1 is 1.19 bits per heavy atom. The Hall–Kier alpha value is -0.590. The van der Waals surface area contributed by atoms with Gasteiger partial charge in [-0.25, -0.2) is 4.21 Å². The van der Waals surface area contributed by atoms with E-state index in [1.54, 1.807) is 19.1 Å². The molecular weight excluding hydrogens is 270 g/mol. The van der Waals surface area contributed by atoms with Crippen LogP contribution in [0.2, 0.25) is 0 Å². The molecule has 1 aromatic rings. The summed E-state index contributed by atoms with van der Waals surface area (Å²) in [6, 6.07) is 5.27. The highest BCUT2D eigenvalue weighted by Crippen LogP contribution is 2.20. The van der Waals surface area contributed by atoms with Crippen LogP contribution in [0.15, 0.2) is 26.9 Å². The molecule has 0 unspecified atom stereocenters. The summed E-state index contributed by atoms with van der Waals surface area (Å²) in [4.78, 5) is 0.400. The van der Waals surface area contributed by atoms with Crippen molar-refractivity contribution in [2.75, 3.05) is 6.26 Å². The van der Waals surface area contributed by atoms with Crippen molar-refractivity contribution in [1.29, 1.82) is 0 Å². The van der Waals surface area contributed by atoms with Crippen LogP contribution in [0.25, 0.3) is 0 Å². The van der Waals surface area contributed by atoms with Crippen molar-refractivity contribution in [2.45, 2.75) is 18.7 Å². The number of nitrogens with zero attached hydrogens (tertiary/aromatic N) is 1. The molecule has 0 aliphatic carbocycles. The van der Waals surface area contributed by atoms with Crippen molar-refractivity contribution in [1.82, 2.24) is 0 Å². The largest absolute Gasteiger partial charge is 0.347 e. The highest BCUT2D eigenvalue weighted by molar-refractivity contribution is 8.17. The van der Waals surface area contributed by atoms with Crippen molar-refractivity contribution < 1.29 is 12.6 Å². The predicted octanol–water partition coefficient (Wildman–Crippen LogP) is 2.24. The van der Waals surface area contributed by atoms with Gasteiger partial charge in [0.1, 0.15) is 0 Å². The van der Waals surface area contributed by atoms with E-state index in [2.05, 4.69) is 3.77 Å². The summed E-state index contributed by atoms with van der Waals surface area (Å²) in [5.74, 6) is 0. The smallest absolute Gasteiger partial charge is 0.244 e. The first-order chi connectivity index (χ1) is 7.12. The summed E-state index contributed by atoms with van der Waals surface area (Å²) in [5.41, 5.74) is 1.61. The third-order valence-corrected chi connectivity index (χ3v) is 5.60. The Labute approximate surface area is 100 Å². The molecule has 90 valence electrons. The van der Waals surface area contributed by atoms with E-state index in [-0.39, 0.29) is 0 Å². The molecule has 16 heavy (non-hydrogen) atoms. The van der Waals surface area contributed by atoms with E-state index in [0.717, 1.165) is 11.1 Å². The molecule has 0 heterocycles. The molecular formula is C9H12ClNO3S2. The van der Waals surface area contributed by atoms with Crippen LogP contribution < -0.4 is 0 Å². The van der Waals surface area contributed by atoms with Gasteiger partial charge in [-0.15, -0.1) is 0 Å². The highest BCUT2D eigenvalue weighted by Gasteiger charge is 2.14. The Bertz CT molecular complexity index is 628. The molecule has 0 aromatic heterocycles. The first-order valence-electron chi connectivity index (χ1n) is 4.37. The lowest BCUT2D eigenvalue weighted by molar-refractivity contribution is 0.611. The van der Waals surface area contributed by atoms with E-state index in [1.807, 2.05) is 13.0 Å². The second kappa shape index (κ2) is 4.35. The van der Waals surface area contributed by atoms with Crippen LogP contribution in [0.5, 0.6) is 0 Å². The minimum Gasteiger partial charge on any atom is -0.244 e. The standard InChI is InChI=1S/C9H12ClNO3S2/c1-7-4-5-8(2)9(6-7)15(3,12)11-16(10,13)14/h4-6H,1-3H3/t15-/m1/s1. The molecule has 0 amide bonds. The molecule has 0 spiro atoms. The summed E-state index contributed by atoms with van der Waals surface area (Å²) in [5, 5.41) is 0. The second-order valence-corrected chi connectivity index (χ2v) is 8.19. The van der Waals surface area contributed by atoms with E-state index in [1.165, 1.54) is 6.26 Å². The number of rotatable bonds is 2. The number of aryl methyl sites for hydroxylation is 2. The lowest BCUT2D eigenvalue weighted by Crippen LogP contribution is -2.03. The predicted molar refractivity (Wildman–Crippen MR) is 65.4 cm³/mol. The first kappa shape index (κ1) is 13.5. The monoisotopic (exact) mass is 281 g/mol. The van der Waals surface area contributed by atoms with Gasteiger partial charge < -0.3 is 0 Å². The Morgan fingerprint density at radius 2 is 1.75 bits per heavy atom. The van der Waals surface area contributed by atoms with Gasteiger partial charge in [0, 0.05) is 16.9 Å². The van der Waals surface area contributed by atoms with Crippen molar-refractivity contribution >= 4 is 29.6 Å². The third-order valence-electron chi connectivity index (χ3n) is 1.98. The first-order valence-corrected chi connectivity index (χ1v) is 8.56. The van der Waals surface area contributed by atoms with Crippen molar-refractivity contribution in [3.63, 3.8) is 0 Å². The molecule has 7 heteroatoms. The maximum absolute atomic E-state index is 12.1. The van der Waals surface area contributed by atoms with Crippen LogP contribution in [0.1, 0.15) is 11.1 Å². The average molecular weight is 282 g/mol. The van der Waals surface area contributed by atoms with E-state index in [4.69, 9.17) is 10.7 Å². The molecule has 0 aliphatic rings. The van der Waals surface area contributed by atoms with Crippen LogP contribution >= 0.6 is 10.7 Å². The fraction of sp³-hybridized carbons (Fsp3) is 0.333. The molecule has 1 aromatic carbocycles. The van der Waals surface area contributed by atoms with E-state index < -0.39 is 19.0 Å². The molecule has 1 rings (SSSR count). The minimum atomic E-state index is -4.14. The number of halogens is 1. The highest BCUT2D eigenvalue weighted by atomic mass is 35.7. The zero-order chi connectivity index (χ0) is 12.6. The van der Waals surface area contributed by atoms with Crippen LogP contribution in [-0.4, -0.2) is 18.9 Å². The zero-order valence-corrected chi connectivity index (χ0v) is 11.5. The van der Waals surface area contributed by atoms with E-state index in [9.17, 15) is 12.6 Å². The SMILES string of the molecule is Cc1ccc(C)c([S@@](C)(=O)=NS(=O)(=O)Cl)c1. The fourth-order valence-electron chi connectivity index (χ4n) is 1.33. The third kappa shape index (κ3) is 3.47. The average Bonchev–Trinajstić information content (AvgIpc) is 2.04.